The second-order valence-electron chi connectivity index (χ2n) is 3.16. The molecule has 2 rings (SSSR count). The number of aliphatic hydroxyl groups is 1. The van der Waals surface area contributed by atoms with E-state index in [1.807, 2.05) is 0 Å². The van der Waals surface area contributed by atoms with Crippen LogP contribution < -0.4 is 0 Å². The molecule has 0 saturated carbocycles. The molecule has 78 valence electrons. The lowest BCUT2D eigenvalue weighted by Gasteiger charge is -2.13. The Labute approximate surface area is 81.5 Å². The van der Waals surface area contributed by atoms with E-state index in [0.717, 1.165) is 0 Å². The normalized spacial score (nSPS) is 20.1. The first-order valence-electron chi connectivity index (χ1n) is 4.52. The highest BCUT2D eigenvalue weighted by molar-refractivity contribution is 4.89. The Hall–Kier alpha value is -0.980. The van der Waals surface area contributed by atoms with E-state index in [-0.39, 0.29) is 6.29 Å². The molecule has 1 aliphatic heterocycles. The number of ether oxygens (including phenoxy) is 2. The van der Waals surface area contributed by atoms with Crippen LogP contribution in [0.3, 0.4) is 0 Å². The quantitative estimate of drug-likeness (QED) is 0.718. The van der Waals surface area contributed by atoms with Crippen LogP contribution in [0, 0.1) is 0 Å². The van der Waals surface area contributed by atoms with E-state index in [2.05, 4.69) is 10.1 Å². The second-order valence-corrected chi connectivity index (χ2v) is 3.16. The van der Waals surface area contributed by atoms with E-state index in [1.165, 1.54) is 6.33 Å². The minimum Gasteiger partial charge on any atom is -0.385 e. The van der Waals surface area contributed by atoms with Gasteiger partial charge >= 0.3 is 0 Å². The van der Waals surface area contributed by atoms with Crippen molar-refractivity contribution >= 4 is 0 Å². The fraction of sp³-hybridized carbons (Fsp3) is 0.750. The lowest BCUT2D eigenvalue weighted by atomic mass is 10.2. The van der Waals surface area contributed by atoms with Crippen molar-refractivity contribution in [3.63, 3.8) is 0 Å². The van der Waals surface area contributed by atoms with E-state index in [4.69, 9.17) is 9.47 Å². The van der Waals surface area contributed by atoms with Crippen LogP contribution in [0.4, 0.5) is 0 Å². The lowest BCUT2D eigenvalue weighted by Crippen LogP contribution is -2.16. The van der Waals surface area contributed by atoms with E-state index in [0.29, 0.717) is 25.5 Å². The predicted molar refractivity (Wildman–Crippen MR) is 46.3 cm³/mol. The van der Waals surface area contributed by atoms with Gasteiger partial charge in [0.1, 0.15) is 12.4 Å². The van der Waals surface area contributed by atoms with E-state index in [1.54, 1.807) is 11.7 Å². The van der Waals surface area contributed by atoms with Crippen LogP contribution in [-0.4, -0.2) is 39.4 Å². The number of rotatable bonds is 3. The van der Waals surface area contributed by atoms with Crippen molar-refractivity contribution in [1.82, 2.24) is 14.8 Å². The summed E-state index contributed by atoms with van der Waals surface area (Å²) in [6.07, 6.45) is 0.800. The summed E-state index contributed by atoms with van der Waals surface area (Å²) in [6.45, 7) is 1.19. The van der Waals surface area contributed by atoms with Gasteiger partial charge in [-0.25, -0.2) is 4.98 Å². The smallest absolute Gasteiger partial charge is 0.160 e. The first-order valence-corrected chi connectivity index (χ1v) is 4.52. The molecule has 0 aromatic carbocycles. The molecule has 0 amide bonds. The number of aliphatic hydroxyl groups excluding tert-OH is 1. The Morgan fingerprint density at radius 3 is 2.93 bits per heavy atom. The van der Waals surface area contributed by atoms with Gasteiger partial charge in [-0.3, -0.25) is 4.68 Å². The van der Waals surface area contributed by atoms with Gasteiger partial charge in [-0.1, -0.05) is 0 Å². The summed E-state index contributed by atoms with van der Waals surface area (Å²) in [6, 6.07) is 0. The maximum absolute atomic E-state index is 9.77. The topological polar surface area (TPSA) is 69.4 Å². The molecule has 0 aliphatic carbocycles. The monoisotopic (exact) mass is 199 g/mol. The first-order chi connectivity index (χ1) is 6.77. The molecule has 1 fully saturated rings. The molecule has 1 N–H and O–H groups in total. The van der Waals surface area contributed by atoms with Gasteiger partial charge in [-0.15, -0.1) is 0 Å². The number of aryl methyl sites for hydroxylation is 1. The summed E-state index contributed by atoms with van der Waals surface area (Å²) in [5, 5.41) is 13.6. The fourth-order valence-corrected chi connectivity index (χ4v) is 1.44. The first kappa shape index (κ1) is 9.57. The second kappa shape index (κ2) is 4.04. The Morgan fingerprint density at radius 2 is 2.36 bits per heavy atom. The Bertz CT molecular complexity index is 296. The zero-order valence-electron chi connectivity index (χ0n) is 7.96. The predicted octanol–water partition coefficient (Wildman–Crippen LogP) is -0.389. The van der Waals surface area contributed by atoms with Gasteiger partial charge in [0, 0.05) is 13.5 Å². The van der Waals surface area contributed by atoms with Gasteiger partial charge in [-0.05, 0) is 0 Å². The summed E-state index contributed by atoms with van der Waals surface area (Å²) in [5.41, 5.74) is 0. The van der Waals surface area contributed by atoms with Crippen LogP contribution in [0.25, 0.3) is 0 Å². The molecular formula is C8H13N3O3. The average molecular weight is 199 g/mol. The highest BCUT2D eigenvalue weighted by Gasteiger charge is 2.23. The highest BCUT2D eigenvalue weighted by atomic mass is 16.7. The fourth-order valence-electron chi connectivity index (χ4n) is 1.44. The van der Waals surface area contributed by atoms with Crippen molar-refractivity contribution in [3.05, 3.63) is 12.2 Å². The molecule has 1 aliphatic rings. The maximum Gasteiger partial charge on any atom is 0.160 e. The van der Waals surface area contributed by atoms with Crippen LogP contribution in [-0.2, 0) is 16.5 Å². The third-order valence-electron chi connectivity index (χ3n) is 2.15. The number of hydrogen-bond acceptors (Lipinski definition) is 5. The Morgan fingerprint density at radius 1 is 1.64 bits per heavy atom. The Kier molecular flexibility index (Phi) is 2.76. The maximum atomic E-state index is 9.77. The van der Waals surface area contributed by atoms with Gasteiger partial charge in [0.2, 0.25) is 0 Å². The molecule has 1 unspecified atom stereocenters. The van der Waals surface area contributed by atoms with Crippen molar-refractivity contribution < 1.29 is 14.6 Å². The summed E-state index contributed by atoms with van der Waals surface area (Å²) < 4.78 is 12.0. The summed E-state index contributed by atoms with van der Waals surface area (Å²) in [5.74, 6) is 0.532. The van der Waals surface area contributed by atoms with E-state index < -0.39 is 6.10 Å². The van der Waals surface area contributed by atoms with Crippen molar-refractivity contribution in [2.45, 2.75) is 18.8 Å². The Balaban J connectivity index is 1.95. The largest absolute Gasteiger partial charge is 0.385 e. The van der Waals surface area contributed by atoms with Crippen LogP contribution in [0.1, 0.15) is 18.3 Å². The van der Waals surface area contributed by atoms with E-state index in [9.17, 15) is 5.11 Å². The summed E-state index contributed by atoms with van der Waals surface area (Å²) in [4.78, 5) is 3.95. The lowest BCUT2D eigenvalue weighted by molar-refractivity contribution is -0.0724. The zero-order valence-corrected chi connectivity index (χ0v) is 7.96. The summed E-state index contributed by atoms with van der Waals surface area (Å²) >= 11 is 0. The minimum absolute atomic E-state index is 0.318. The van der Waals surface area contributed by atoms with Gasteiger partial charge < -0.3 is 14.6 Å². The number of nitrogens with zero attached hydrogens (tertiary/aromatic N) is 3. The van der Waals surface area contributed by atoms with Crippen molar-refractivity contribution in [3.8, 4) is 0 Å². The standard InChI is InChI=1S/C8H13N3O3/c1-11-8(9-5-10-11)6(12)4-7-13-2-3-14-7/h5-7,12H,2-4H2,1H3. The zero-order chi connectivity index (χ0) is 9.97. The third-order valence-corrected chi connectivity index (χ3v) is 2.15. The van der Waals surface area contributed by atoms with Crippen molar-refractivity contribution in [2.24, 2.45) is 7.05 Å². The number of hydrogen-bond donors (Lipinski definition) is 1. The van der Waals surface area contributed by atoms with E-state index >= 15 is 0 Å². The molecule has 0 radical (unpaired) electrons. The molecule has 1 aromatic heterocycles. The van der Waals surface area contributed by atoms with Gasteiger partial charge in [0.15, 0.2) is 12.1 Å². The molecule has 6 heteroatoms. The molecular weight excluding hydrogens is 186 g/mol. The summed E-state index contributed by atoms with van der Waals surface area (Å²) in [7, 11) is 1.74. The van der Waals surface area contributed by atoms with Crippen LogP contribution in [0.5, 0.6) is 0 Å². The van der Waals surface area contributed by atoms with Crippen molar-refractivity contribution in [2.75, 3.05) is 13.2 Å². The molecule has 2 heterocycles. The molecule has 1 aromatic rings. The molecule has 1 atom stereocenters. The molecule has 1 saturated heterocycles. The van der Waals surface area contributed by atoms with Crippen LogP contribution >= 0.6 is 0 Å². The third kappa shape index (κ3) is 1.92. The van der Waals surface area contributed by atoms with Gasteiger partial charge in [-0.2, -0.15) is 5.10 Å². The van der Waals surface area contributed by atoms with Gasteiger partial charge in [0.25, 0.3) is 0 Å². The molecule has 0 spiro atoms. The minimum atomic E-state index is -0.689. The SMILES string of the molecule is Cn1ncnc1C(O)CC1OCCO1. The molecule has 6 nitrogen and oxygen atoms in total. The molecule has 14 heavy (non-hydrogen) atoms. The van der Waals surface area contributed by atoms with Crippen LogP contribution in [0.15, 0.2) is 6.33 Å². The number of aromatic nitrogens is 3. The molecule has 0 bridgehead atoms. The van der Waals surface area contributed by atoms with Crippen molar-refractivity contribution in [1.29, 1.82) is 0 Å². The highest BCUT2D eigenvalue weighted by Crippen LogP contribution is 2.19. The van der Waals surface area contributed by atoms with Gasteiger partial charge in [0.05, 0.1) is 13.2 Å². The van der Waals surface area contributed by atoms with Crippen LogP contribution in [0.2, 0.25) is 0 Å². The average Bonchev–Trinajstić information content (AvgIpc) is 2.75.